The second-order valence-electron chi connectivity index (χ2n) is 15.9. The van der Waals surface area contributed by atoms with Crippen LogP contribution < -0.4 is 26.3 Å². The number of nitrogens with one attached hydrogen (secondary N) is 5. The molecule has 2 aliphatic carbocycles. The van der Waals surface area contributed by atoms with Crippen LogP contribution in [0, 0.1) is 0 Å². The van der Waals surface area contributed by atoms with Crippen molar-refractivity contribution in [2.24, 2.45) is 0 Å². The van der Waals surface area contributed by atoms with Gasteiger partial charge in [0.25, 0.3) is 0 Å². The number of unbranched alkanes of at least 4 members (excludes halogenated alkanes) is 1. The Hall–Kier alpha value is -2.18. The predicted molar refractivity (Wildman–Crippen MR) is 211 cm³/mol. The molecule has 2 heterocycles. The first-order chi connectivity index (χ1) is 30.0. The number of ether oxygens (including phenoxy) is 7. The Bertz CT molecular complexity index is 1440. The van der Waals surface area contributed by atoms with Crippen molar-refractivity contribution in [3.8, 4) is 0 Å². The highest BCUT2D eigenvalue weighted by Crippen LogP contribution is 2.34. The number of rotatable bonds is 27. The summed E-state index contributed by atoms with van der Waals surface area (Å²) in [5, 5.41) is 38.7. The van der Waals surface area contributed by atoms with Gasteiger partial charge in [0.1, 0.15) is 24.4 Å². The summed E-state index contributed by atoms with van der Waals surface area (Å²) in [6.07, 6.45) is -18.7. The van der Waals surface area contributed by atoms with Crippen molar-refractivity contribution < 1.29 is 88.4 Å². The van der Waals surface area contributed by atoms with Crippen LogP contribution in [0.1, 0.15) is 51.4 Å². The molecule has 10 atom stereocenters. The van der Waals surface area contributed by atoms with E-state index < -0.39 is 90.1 Å². The van der Waals surface area contributed by atoms with Gasteiger partial charge in [-0.05, 0) is 38.5 Å². The number of hydrazine groups is 2. The van der Waals surface area contributed by atoms with Crippen molar-refractivity contribution >= 4 is 22.0 Å². The van der Waals surface area contributed by atoms with Crippen molar-refractivity contribution in [1.82, 2.24) is 31.3 Å². The Balaban J connectivity index is 0.900. The highest BCUT2D eigenvalue weighted by Gasteiger charge is 2.55. The number of carbonyl (C=O) groups excluding carboxylic acids is 2. The number of aliphatic hydroxyl groups is 3. The summed E-state index contributed by atoms with van der Waals surface area (Å²) in [6.45, 7) is 3.52. The van der Waals surface area contributed by atoms with Crippen LogP contribution in [0.2, 0.25) is 0 Å². The number of amides is 2. The highest BCUT2D eigenvalue weighted by molar-refractivity contribution is 7.88. The molecule has 26 heteroatoms. The van der Waals surface area contributed by atoms with Gasteiger partial charge in [-0.15, -0.1) is 0 Å². The third-order valence-corrected chi connectivity index (χ3v) is 11.6. The second-order valence-corrected chi connectivity index (χ2v) is 17.7. The Morgan fingerprint density at radius 3 is 1.98 bits per heavy atom. The van der Waals surface area contributed by atoms with Gasteiger partial charge in [0.2, 0.25) is 10.0 Å². The molecule has 5 unspecified atom stereocenters. The zero-order valence-electron chi connectivity index (χ0n) is 35.3. The molecular formula is C37H65F5N6O14S. The van der Waals surface area contributed by atoms with Gasteiger partial charge in [0.15, 0.2) is 43.3 Å². The van der Waals surface area contributed by atoms with Crippen molar-refractivity contribution in [3.63, 3.8) is 0 Å². The van der Waals surface area contributed by atoms with Crippen LogP contribution in [-0.2, 0) is 48.0 Å². The number of carbonyl (C=O) groups is 2. The molecule has 2 aliphatic heterocycles. The Morgan fingerprint density at radius 2 is 1.37 bits per heavy atom. The summed E-state index contributed by atoms with van der Waals surface area (Å²) in [7, 11) is -3.57. The maximum absolute atomic E-state index is 13.8. The van der Waals surface area contributed by atoms with Gasteiger partial charge in [-0.3, -0.25) is 4.79 Å². The normalized spacial score (nSPS) is 34.2. The van der Waals surface area contributed by atoms with Crippen LogP contribution in [0.25, 0.3) is 0 Å². The lowest BCUT2D eigenvalue weighted by atomic mass is 9.89. The fourth-order valence-corrected chi connectivity index (χ4v) is 7.73. The van der Waals surface area contributed by atoms with Crippen molar-refractivity contribution in [2.75, 3.05) is 85.3 Å². The van der Waals surface area contributed by atoms with Gasteiger partial charge in [0, 0.05) is 38.3 Å². The van der Waals surface area contributed by atoms with Gasteiger partial charge < -0.3 is 59.1 Å². The van der Waals surface area contributed by atoms with Gasteiger partial charge in [-0.25, -0.2) is 50.3 Å². The van der Waals surface area contributed by atoms with Crippen molar-refractivity contribution in [1.29, 1.82) is 0 Å². The monoisotopic (exact) mass is 944 g/mol. The molecule has 0 spiro atoms. The third kappa shape index (κ3) is 18.6. The van der Waals surface area contributed by atoms with E-state index in [0.717, 1.165) is 32.1 Å². The maximum Gasteiger partial charge on any atom is 0.315 e. The SMILES string of the molecule is CS(=O)(=O)NC[C@H]1O[C@H](OC2CCC(NC(=O)NCCCCC3CN(CCOCCOCCOCCOCCC(=O)OC4C(F)C(F)C(F)C(F)C4F)NN3)CC2)[C@@H](O)[C@@H](O)[C@@H]1O. The molecule has 20 nitrogen and oxygen atoms in total. The zero-order valence-corrected chi connectivity index (χ0v) is 36.1. The third-order valence-electron chi connectivity index (χ3n) is 10.9. The maximum atomic E-state index is 13.8. The molecule has 368 valence electrons. The summed E-state index contributed by atoms with van der Waals surface area (Å²) < 4.78 is 130. The van der Waals surface area contributed by atoms with E-state index in [9.17, 15) is 55.3 Å². The molecule has 0 aromatic heterocycles. The van der Waals surface area contributed by atoms with Gasteiger partial charge in [-0.1, -0.05) is 6.42 Å². The summed E-state index contributed by atoms with van der Waals surface area (Å²) in [4.78, 5) is 24.3. The van der Waals surface area contributed by atoms with Crippen LogP contribution in [0.3, 0.4) is 0 Å². The number of urea groups is 1. The highest BCUT2D eigenvalue weighted by atomic mass is 32.2. The molecule has 2 amide bonds. The lowest BCUT2D eigenvalue weighted by Gasteiger charge is -2.42. The fraction of sp³-hybridized carbons (Fsp3) is 0.946. The molecule has 0 aromatic carbocycles. The number of esters is 1. The number of halogens is 5. The first-order valence-electron chi connectivity index (χ1n) is 21.3. The van der Waals surface area contributed by atoms with E-state index in [4.69, 9.17) is 28.4 Å². The van der Waals surface area contributed by atoms with Crippen LogP contribution >= 0.6 is 0 Å². The number of nitrogens with zero attached hydrogens (tertiary/aromatic N) is 1. The summed E-state index contributed by atoms with van der Waals surface area (Å²) in [6, 6.07) is -0.0932. The number of hydrogen-bond acceptors (Lipinski definition) is 17. The zero-order chi connectivity index (χ0) is 45.9. The van der Waals surface area contributed by atoms with Gasteiger partial charge >= 0.3 is 12.0 Å². The minimum Gasteiger partial charge on any atom is -0.456 e. The predicted octanol–water partition coefficient (Wildman–Crippen LogP) is -1.09. The van der Waals surface area contributed by atoms with Gasteiger partial charge in [-0.2, -0.15) is 5.53 Å². The first-order valence-corrected chi connectivity index (χ1v) is 23.2. The Kier molecular flexibility index (Phi) is 23.3. The smallest absolute Gasteiger partial charge is 0.315 e. The van der Waals surface area contributed by atoms with E-state index in [2.05, 4.69) is 31.1 Å². The molecule has 0 bridgehead atoms. The van der Waals surface area contributed by atoms with Crippen LogP contribution in [0.15, 0.2) is 0 Å². The Labute approximate surface area is 363 Å². The molecular weight excluding hydrogens is 879 g/mol. The quantitative estimate of drug-likeness (QED) is 0.0277. The van der Waals surface area contributed by atoms with Gasteiger partial charge in [0.05, 0.1) is 71.6 Å². The molecule has 4 rings (SSSR count). The second kappa shape index (κ2) is 27.5. The van der Waals surface area contributed by atoms with E-state index in [0.29, 0.717) is 65.2 Å². The van der Waals surface area contributed by atoms with E-state index >= 15 is 0 Å². The summed E-state index contributed by atoms with van der Waals surface area (Å²) >= 11 is 0. The number of alkyl halides is 5. The van der Waals surface area contributed by atoms with Crippen LogP contribution in [0.5, 0.6) is 0 Å². The molecule has 8 N–H and O–H groups in total. The molecule has 4 fully saturated rings. The van der Waals surface area contributed by atoms with Crippen molar-refractivity contribution in [3.05, 3.63) is 0 Å². The van der Waals surface area contributed by atoms with E-state index in [1.54, 1.807) is 0 Å². The van der Waals surface area contributed by atoms with Crippen molar-refractivity contribution in [2.45, 2.75) is 137 Å². The Morgan fingerprint density at radius 1 is 0.778 bits per heavy atom. The van der Waals surface area contributed by atoms with E-state index in [1.165, 1.54) is 0 Å². The van der Waals surface area contributed by atoms with E-state index in [1.807, 2.05) is 5.01 Å². The number of hydrogen-bond donors (Lipinski definition) is 8. The lowest BCUT2D eigenvalue weighted by Crippen LogP contribution is -2.61. The average Bonchev–Trinajstić information content (AvgIpc) is 3.71. The molecule has 2 saturated carbocycles. The standard InChI is InChI=1S/C37H65F5N6O14S/c1-63(54,55)44-20-25-32(50)33(51)34(52)36(61-25)60-24-7-5-22(6-8-24)45-37(53)43-10-3-2-4-23-21-48(47-46-23)11-13-57-15-17-59-19-18-58-16-14-56-12-9-26(49)62-35-30(41)28(39)27(38)29(40)31(35)42/h22-25,27-36,44,46-47,50-52H,2-21H2,1H3,(H2,43,45,53)/t22?,23?,24?,25-,27?,28?,29?,30?,31?,32-,33+,34+,35?,36+/m1/s1. The minimum absolute atomic E-state index is 0.0706. The number of aliphatic hydroxyl groups excluding tert-OH is 3. The molecule has 63 heavy (non-hydrogen) atoms. The van der Waals surface area contributed by atoms with Crippen LogP contribution in [-0.4, -0.2) is 212 Å². The summed E-state index contributed by atoms with van der Waals surface area (Å²) in [5.74, 6) is -1.13. The molecule has 0 radical (unpaired) electrons. The first kappa shape index (κ1) is 53.4. The topological polar surface area (TPSA) is 257 Å². The van der Waals surface area contributed by atoms with E-state index in [-0.39, 0.29) is 57.2 Å². The summed E-state index contributed by atoms with van der Waals surface area (Å²) in [5.41, 5.74) is 6.38. The van der Waals surface area contributed by atoms with Crippen LogP contribution in [0.4, 0.5) is 26.7 Å². The fourth-order valence-electron chi connectivity index (χ4n) is 7.27. The largest absolute Gasteiger partial charge is 0.456 e. The molecule has 0 aromatic rings. The number of sulfonamides is 1. The lowest BCUT2D eigenvalue weighted by molar-refractivity contribution is -0.307. The average molecular weight is 945 g/mol. The minimum atomic E-state index is -3.57. The molecule has 2 saturated heterocycles. The molecule has 4 aliphatic rings.